The van der Waals surface area contributed by atoms with Gasteiger partial charge in [-0.15, -0.1) is 0 Å². The maximum absolute atomic E-state index is 5.97. The first kappa shape index (κ1) is 11.5. The fourth-order valence-corrected chi connectivity index (χ4v) is 2.07. The Balaban J connectivity index is 2.16. The van der Waals surface area contributed by atoms with Crippen molar-refractivity contribution in [1.82, 2.24) is 15.0 Å². The number of aromatic nitrogens is 3. The minimum Gasteiger partial charge on any atom is -0.338 e. The SMILES string of the molecule is Cc1ccc(-c2nc3cc(Cl)c(Cl)cc3[nH]2)cn1. The quantitative estimate of drug-likeness (QED) is 0.723. The standard InChI is InChI=1S/C13H9Cl2N3/c1-7-2-3-8(6-16-7)13-17-11-4-9(14)10(15)5-12(11)18-13/h2-6H,1H3,(H,17,18). The molecule has 18 heavy (non-hydrogen) atoms. The lowest BCUT2D eigenvalue weighted by molar-refractivity contribution is 1.19. The van der Waals surface area contributed by atoms with E-state index in [9.17, 15) is 0 Å². The normalized spacial score (nSPS) is 11.1. The number of fused-ring (bicyclic) bond motifs is 1. The number of aryl methyl sites for hydroxylation is 1. The van der Waals surface area contributed by atoms with Crippen LogP contribution in [0.5, 0.6) is 0 Å². The van der Waals surface area contributed by atoms with E-state index in [-0.39, 0.29) is 0 Å². The van der Waals surface area contributed by atoms with Gasteiger partial charge in [-0.25, -0.2) is 4.98 Å². The van der Waals surface area contributed by atoms with Crippen LogP contribution in [-0.4, -0.2) is 15.0 Å². The van der Waals surface area contributed by atoms with Crippen molar-refractivity contribution in [1.29, 1.82) is 0 Å². The summed E-state index contributed by atoms with van der Waals surface area (Å²) < 4.78 is 0. The van der Waals surface area contributed by atoms with E-state index in [0.717, 1.165) is 28.1 Å². The molecule has 2 heterocycles. The van der Waals surface area contributed by atoms with Gasteiger partial charge in [-0.3, -0.25) is 4.98 Å². The van der Waals surface area contributed by atoms with Crippen LogP contribution in [0, 0.1) is 6.92 Å². The van der Waals surface area contributed by atoms with Gasteiger partial charge < -0.3 is 4.98 Å². The molecule has 3 aromatic rings. The third kappa shape index (κ3) is 1.96. The molecule has 0 radical (unpaired) electrons. The summed E-state index contributed by atoms with van der Waals surface area (Å²) in [5.41, 5.74) is 3.56. The van der Waals surface area contributed by atoms with Crippen molar-refractivity contribution in [3.05, 3.63) is 46.2 Å². The van der Waals surface area contributed by atoms with Crippen LogP contribution in [0.1, 0.15) is 5.69 Å². The van der Waals surface area contributed by atoms with Crippen LogP contribution in [0.3, 0.4) is 0 Å². The number of pyridine rings is 1. The number of rotatable bonds is 1. The lowest BCUT2D eigenvalue weighted by Gasteiger charge is -1.95. The lowest BCUT2D eigenvalue weighted by Crippen LogP contribution is -1.84. The summed E-state index contributed by atoms with van der Waals surface area (Å²) in [5.74, 6) is 0.760. The van der Waals surface area contributed by atoms with Gasteiger partial charge in [-0.05, 0) is 31.2 Å². The third-order valence-corrected chi connectivity index (χ3v) is 3.43. The molecule has 1 aromatic carbocycles. The largest absolute Gasteiger partial charge is 0.338 e. The Labute approximate surface area is 114 Å². The number of benzene rings is 1. The number of H-pyrrole nitrogens is 1. The topological polar surface area (TPSA) is 41.6 Å². The van der Waals surface area contributed by atoms with E-state index in [2.05, 4.69) is 15.0 Å². The third-order valence-electron chi connectivity index (χ3n) is 2.71. The molecule has 0 spiro atoms. The number of imidazole rings is 1. The van der Waals surface area contributed by atoms with E-state index in [1.165, 1.54) is 0 Å². The number of aromatic amines is 1. The van der Waals surface area contributed by atoms with Crippen molar-refractivity contribution in [2.24, 2.45) is 0 Å². The van der Waals surface area contributed by atoms with Crippen molar-refractivity contribution < 1.29 is 0 Å². The molecule has 90 valence electrons. The Hall–Kier alpha value is -1.58. The van der Waals surface area contributed by atoms with E-state index in [4.69, 9.17) is 23.2 Å². The van der Waals surface area contributed by atoms with E-state index >= 15 is 0 Å². The molecular formula is C13H9Cl2N3. The highest BCUT2D eigenvalue weighted by Gasteiger charge is 2.08. The first-order valence-electron chi connectivity index (χ1n) is 5.41. The minimum absolute atomic E-state index is 0.504. The highest BCUT2D eigenvalue weighted by Crippen LogP contribution is 2.28. The van der Waals surface area contributed by atoms with Gasteiger partial charge in [-0.2, -0.15) is 0 Å². The monoisotopic (exact) mass is 277 g/mol. The Bertz CT molecular complexity index is 678. The second kappa shape index (κ2) is 4.26. The van der Waals surface area contributed by atoms with Gasteiger partial charge >= 0.3 is 0 Å². The smallest absolute Gasteiger partial charge is 0.140 e. The summed E-state index contributed by atoms with van der Waals surface area (Å²) in [6.45, 7) is 1.95. The highest BCUT2D eigenvalue weighted by molar-refractivity contribution is 6.42. The zero-order valence-electron chi connectivity index (χ0n) is 9.54. The van der Waals surface area contributed by atoms with Crippen molar-refractivity contribution in [3.8, 4) is 11.4 Å². The Morgan fingerprint density at radius 2 is 1.89 bits per heavy atom. The molecule has 0 aliphatic heterocycles. The molecule has 0 fully saturated rings. The highest BCUT2D eigenvalue weighted by atomic mass is 35.5. The van der Waals surface area contributed by atoms with Crippen molar-refractivity contribution in [3.63, 3.8) is 0 Å². The van der Waals surface area contributed by atoms with Crippen molar-refractivity contribution in [2.75, 3.05) is 0 Å². The van der Waals surface area contributed by atoms with Crippen LogP contribution in [0.2, 0.25) is 10.0 Å². The summed E-state index contributed by atoms with van der Waals surface area (Å²) in [5, 5.41) is 1.02. The molecule has 0 unspecified atom stereocenters. The fourth-order valence-electron chi connectivity index (χ4n) is 1.75. The van der Waals surface area contributed by atoms with Crippen LogP contribution in [0.15, 0.2) is 30.5 Å². The summed E-state index contributed by atoms with van der Waals surface area (Å²) in [4.78, 5) is 11.9. The van der Waals surface area contributed by atoms with Crippen LogP contribution < -0.4 is 0 Å². The van der Waals surface area contributed by atoms with Crippen LogP contribution in [0.4, 0.5) is 0 Å². The molecule has 3 rings (SSSR count). The molecule has 0 aliphatic rings. The molecule has 0 aliphatic carbocycles. The summed E-state index contributed by atoms with van der Waals surface area (Å²) in [6.07, 6.45) is 1.79. The summed E-state index contributed by atoms with van der Waals surface area (Å²) in [7, 11) is 0. The summed E-state index contributed by atoms with van der Waals surface area (Å²) in [6, 6.07) is 7.45. The minimum atomic E-state index is 0.504. The van der Waals surface area contributed by atoms with Crippen LogP contribution in [0.25, 0.3) is 22.4 Å². The molecule has 0 atom stereocenters. The Morgan fingerprint density at radius 1 is 1.11 bits per heavy atom. The molecule has 1 N–H and O–H groups in total. The number of nitrogens with one attached hydrogen (secondary N) is 1. The van der Waals surface area contributed by atoms with Crippen LogP contribution in [-0.2, 0) is 0 Å². The second-order valence-corrected chi connectivity index (χ2v) is 4.87. The molecule has 2 aromatic heterocycles. The molecule has 0 amide bonds. The molecule has 0 saturated heterocycles. The van der Waals surface area contributed by atoms with Gasteiger partial charge in [-0.1, -0.05) is 23.2 Å². The predicted molar refractivity (Wildman–Crippen MR) is 74.1 cm³/mol. The number of halogens is 2. The molecule has 0 bridgehead atoms. The second-order valence-electron chi connectivity index (χ2n) is 4.06. The van der Waals surface area contributed by atoms with Gasteiger partial charge in [0, 0.05) is 17.5 Å². The van der Waals surface area contributed by atoms with Gasteiger partial charge in [0.05, 0.1) is 21.1 Å². The average molecular weight is 278 g/mol. The van der Waals surface area contributed by atoms with Crippen LogP contribution >= 0.6 is 23.2 Å². The number of hydrogen-bond donors (Lipinski definition) is 1. The molecule has 0 saturated carbocycles. The predicted octanol–water partition coefficient (Wildman–Crippen LogP) is 4.24. The first-order chi connectivity index (χ1) is 8.63. The average Bonchev–Trinajstić information content (AvgIpc) is 2.73. The van der Waals surface area contributed by atoms with E-state index < -0.39 is 0 Å². The maximum atomic E-state index is 5.97. The van der Waals surface area contributed by atoms with Crippen molar-refractivity contribution in [2.45, 2.75) is 6.92 Å². The van der Waals surface area contributed by atoms with Gasteiger partial charge in [0.25, 0.3) is 0 Å². The van der Waals surface area contributed by atoms with Gasteiger partial charge in [0.2, 0.25) is 0 Å². The lowest BCUT2D eigenvalue weighted by atomic mass is 10.2. The maximum Gasteiger partial charge on any atom is 0.140 e. The van der Waals surface area contributed by atoms with Gasteiger partial charge in [0.15, 0.2) is 0 Å². The van der Waals surface area contributed by atoms with Gasteiger partial charge in [0.1, 0.15) is 5.82 Å². The van der Waals surface area contributed by atoms with E-state index in [1.54, 1.807) is 18.3 Å². The molecular weight excluding hydrogens is 269 g/mol. The Morgan fingerprint density at radius 3 is 2.61 bits per heavy atom. The Kier molecular flexibility index (Phi) is 2.73. The fraction of sp³-hybridized carbons (Fsp3) is 0.0769. The number of nitrogens with zero attached hydrogens (tertiary/aromatic N) is 2. The zero-order valence-corrected chi connectivity index (χ0v) is 11.0. The zero-order chi connectivity index (χ0) is 12.7. The summed E-state index contributed by atoms with van der Waals surface area (Å²) >= 11 is 11.9. The van der Waals surface area contributed by atoms with E-state index in [1.807, 2.05) is 19.1 Å². The van der Waals surface area contributed by atoms with E-state index in [0.29, 0.717) is 10.0 Å². The number of hydrogen-bond acceptors (Lipinski definition) is 2. The van der Waals surface area contributed by atoms with Crippen molar-refractivity contribution >= 4 is 34.2 Å². The molecule has 5 heteroatoms. The first-order valence-corrected chi connectivity index (χ1v) is 6.17. The molecule has 3 nitrogen and oxygen atoms in total.